The number of aromatic nitrogens is 1. The third-order valence-electron chi connectivity index (χ3n) is 3.01. The summed E-state index contributed by atoms with van der Waals surface area (Å²) in [7, 11) is 0. The van der Waals surface area contributed by atoms with Crippen molar-refractivity contribution in [3.05, 3.63) is 23.4 Å². The van der Waals surface area contributed by atoms with Gasteiger partial charge in [-0.1, -0.05) is 18.0 Å². The van der Waals surface area contributed by atoms with Crippen molar-refractivity contribution in [2.75, 3.05) is 11.9 Å². The first-order chi connectivity index (χ1) is 11.4. The van der Waals surface area contributed by atoms with Crippen LogP contribution in [-0.4, -0.2) is 35.5 Å². The molecule has 24 heavy (non-hydrogen) atoms. The second kappa shape index (κ2) is 10.4. The van der Waals surface area contributed by atoms with Crippen LogP contribution in [0.2, 0.25) is 5.02 Å². The van der Waals surface area contributed by atoms with Gasteiger partial charge in [0.05, 0.1) is 5.02 Å². The maximum Gasteiger partial charge on any atom is 0.312 e. The summed E-state index contributed by atoms with van der Waals surface area (Å²) in [6.45, 7) is 1.96. The summed E-state index contributed by atoms with van der Waals surface area (Å²) < 4.78 is 5.06. The van der Waals surface area contributed by atoms with Crippen LogP contribution in [0.4, 0.5) is 10.6 Å². The van der Waals surface area contributed by atoms with E-state index >= 15 is 0 Å². The lowest BCUT2D eigenvalue weighted by molar-refractivity contribution is -0.153. The summed E-state index contributed by atoms with van der Waals surface area (Å²) in [5, 5.41) is 5.45. The van der Waals surface area contributed by atoms with Gasteiger partial charge in [0.1, 0.15) is 5.82 Å². The zero-order valence-electron chi connectivity index (χ0n) is 13.4. The monoisotopic (exact) mass is 356 g/mol. The summed E-state index contributed by atoms with van der Waals surface area (Å²) >= 11 is 5.70. The topological polar surface area (TPSA) is 123 Å². The Morgan fingerprint density at radius 3 is 2.67 bits per heavy atom. The molecule has 0 saturated carbocycles. The molecule has 132 valence electrons. The van der Waals surface area contributed by atoms with Gasteiger partial charge in [0.15, 0.2) is 6.10 Å². The van der Waals surface area contributed by atoms with Gasteiger partial charge in [-0.15, -0.1) is 0 Å². The number of halogens is 1. The minimum absolute atomic E-state index is 0.202. The van der Waals surface area contributed by atoms with Crippen LogP contribution in [0.5, 0.6) is 0 Å². The number of carbonyl (C=O) groups is 3. The van der Waals surface area contributed by atoms with E-state index in [1.807, 2.05) is 0 Å². The van der Waals surface area contributed by atoms with Crippen LogP contribution in [0, 0.1) is 0 Å². The van der Waals surface area contributed by atoms with E-state index in [-0.39, 0.29) is 6.42 Å². The Balaban J connectivity index is 2.21. The molecule has 0 aliphatic heterocycles. The zero-order valence-corrected chi connectivity index (χ0v) is 14.1. The maximum absolute atomic E-state index is 11.9. The third-order valence-corrected chi connectivity index (χ3v) is 3.24. The number of hydrogen-bond acceptors (Lipinski definition) is 5. The first-order valence-corrected chi connectivity index (χ1v) is 7.91. The van der Waals surface area contributed by atoms with Crippen molar-refractivity contribution in [3.63, 3.8) is 0 Å². The number of amides is 3. The minimum atomic E-state index is -0.925. The quantitative estimate of drug-likeness (QED) is 0.460. The molecule has 9 heteroatoms. The molecule has 0 unspecified atom stereocenters. The zero-order chi connectivity index (χ0) is 17.9. The van der Waals surface area contributed by atoms with Crippen LogP contribution >= 0.6 is 11.6 Å². The molecule has 0 spiro atoms. The first kappa shape index (κ1) is 19.7. The van der Waals surface area contributed by atoms with E-state index in [0.29, 0.717) is 30.2 Å². The third kappa shape index (κ3) is 8.33. The minimum Gasteiger partial charge on any atom is -0.453 e. The number of ether oxygens (including phenoxy) is 1. The highest BCUT2D eigenvalue weighted by Crippen LogP contribution is 2.10. The van der Waals surface area contributed by atoms with Crippen LogP contribution in [-0.2, 0) is 14.3 Å². The summed E-state index contributed by atoms with van der Waals surface area (Å²) in [5.74, 6) is -0.595. The van der Waals surface area contributed by atoms with Gasteiger partial charge in [-0.05, 0) is 31.9 Å². The number of urea groups is 1. The highest BCUT2D eigenvalue weighted by molar-refractivity contribution is 6.30. The van der Waals surface area contributed by atoms with Crippen molar-refractivity contribution >= 4 is 35.3 Å². The second-order valence-corrected chi connectivity index (χ2v) is 5.52. The predicted octanol–water partition coefficient (Wildman–Crippen LogP) is 1.83. The van der Waals surface area contributed by atoms with Crippen molar-refractivity contribution in [1.29, 1.82) is 0 Å². The van der Waals surface area contributed by atoms with Gasteiger partial charge in [0.2, 0.25) is 0 Å². The predicted molar refractivity (Wildman–Crippen MR) is 89.5 cm³/mol. The average molecular weight is 357 g/mol. The van der Waals surface area contributed by atoms with E-state index in [2.05, 4.69) is 15.6 Å². The summed E-state index contributed by atoms with van der Waals surface area (Å²) in [4.78, 5) is 38.0. The van der Waals surface area contributed by atoms with Crippen LogP contribution < -0.4 is 16.4 Å². The van der Waals surface area contributed by atoms with E-state index < -0.39 is 24.0 Å². The van der Waals surface area contributed by atoms with Gasteiger partial charge in [-0.2, -0.15) is 0 Å². The number of carbonyl (C=O) groups excluding carboxylic acids is 3. The Kier molecular flexibility index (Phi) is 8.56. The number of hydrogen-bond donors (Lipinski definition) is 3. The number of unbranched alkanes of at least 4 members (excludes halogenated alkanes) is 2. The van der Waals surface area contributed by atoms with Gasteiger partial charge in [-0.3, -0.25) is 9.59 Å². The highest BCUT2D eigenvalue weighted by atomic mass is 35.5. The van der Waals surface area contributed by atoms with Crippen LogP contribution in [0.1, 0.15) is 32.6 Å². The molecule has 4 N–H and O–H groups in total. The molecule has 1 aromatic heterocycles. The molecule has 1 heterocycles. The Hall–Kier alpha value is -2.35. The summed E-state index contributed by atoms with van der Waals surface area (Å²) in [5.41, 5.74) is 4.93. The Morgan fingerprint density at radius 2 is 2.04 bits per heavy atom. The van der Waals surface area contributed by atoms with Gasteiger partial charge < -0.3 is 21.1 Å². The molecule has 1 rings (SSSR count). The number of nitrogens with zero attached hydrogens (tertiary/aromatic N) is 1. The van der Waals surface area contributed by atoms with Crippen molar-refractivity contribution < 1.29 is 19.1 Å². The fourth-order valence-electron chi connectivity index (χ4n) is 1.77. The van der Waals surface area contributed by atoms with E-state index in [0.717, 1.165) is 6.42 Å². The van der Waals surface area contributed by atoms with E-state index in [1.165, 1.54) is 13.1 Å². The summed E-state index contributed by atoms with van der Waals surface area (Å²) in [6, 6.07) is 2.58. The van der Waals surface area contributed by atoms with Gasteiger partial charge >= 0.3 is 12.0 Å². The molecule has 0 bridgehead atoms. The smallest absolute Gasteiger partial charge is 0.312 e. The Labute approximate surface area is 145 Å². The fourth-order valence-corrected chi connectivity index (χ4v) is 1.88. The van der Waals surface area contributed by atoms with Gasteiger partial charge in [0, 0.05) is 19.2 Å². The molecule has 0 aliphatic carbocycles. The van der Waals surface area contributed by atoms with Crippen LogP contribution in [0.15, 0.2) is 18.3 Å². The molecule has 0 aromatic carbocycles. The fraction of sp³-hybridized carbons (Fsp3) is 0.467. The lowest BCUT2D eigenvalue weighted by Gasteiger charge is -2.13. The maximum atomic E-state index is 11.9. The molecule has 1 atom stereocenters. The Morgan fingerprint density at radius 1 is 1.29 bits per heavy atom. The number of pyridine rings is 1. The van der Waals surface area contributed by atoms with Gasteiger partial charge in [0.25, 0.3) is 5.91 Å². The number of rotatable bonds is 9. The molecule has 0 saturated heterocycles. The normalized spacial score (nSPS) is 11.4. The largest absolute Gasteiger partial charge is 0.453 e. The van der Waals surface area contributed by atoms with Crippen LogP contribution in [0.25, 0.3) is 0 Å². The molecular formula is C15H21ClN4O4. The van der Waals surface area contributed by atoms with E-state index in [9.17, 15) is 14.4 Å². The second-order valence-electron chi connectivity index (χ2n) is 5.08. The standard InChI is InChI=1S/C15H21ClN4O4/c1-10(14(22)20-12-7-6-11(16)9-19-12)24-13(21)5-3-2-4-8-18-15(17)23/h6-7,9-10H,2-5,8H2,1H3,(H3,17,18,23)(H,19,20,22)/t10-/m0/s1. The molecule has 0 radical (unpaired) electrons. The number of nitrogens with one attached hydrogen (secondary N) is 2. The van der Waals surface area contributed by atoms with E-state index in [4.69, 9.17) is 22.1 Å². The highest BCUT2D eigenvalue weighted by Gasteiger charge is 2.18. The Bertz CT molecular complexity index is 565. The van der Waals surface area contributed by atoms with E-state index in [1.54, 1.807) is 12.1 Å². The van der Waals surface area contributed by atoms with Crippen molar-refractivity contribution in [3.8, 4) is 0 Å². The lowest BCUT2D eigenvalue weighted by atomic mass is 10.2. The molecule has 3 amide bonds. The SMILES string of the molecule is C[C@H](OC(=O)CCCCCNC(N)=O)C(=O)Nc1ccc(Cl)cn1. The van der Waals surface area contributed by atoms with Crippen LogP contribution in [0.3, 0.4) is 0 Å². The first-order valence-electron chi connectivity index (χ1n) is 7.53. The summed E-state index contributed by atoms with van der Waals surface area (Å²) in [6.07, 6.45) is 2.74. The average Bonchev–Trinajstić information content (AvgIpc) is 2.52. The van der Waals surface area contributed by atoms with Crippen molar-refractivity contribution in [1.82, 2.24) is 10.3 Å². The molecule has 8 nitrogen and oxygen atoms in total. The van der Waals surface area contributed by atoms with Crippen molar-refractivity contribution in [2.45, 2.75) is 38.7 Å². The number of primary amides is 1. The number of esters is 1. The van der Waals surface area contributed by atoms with Gasteiger partial charge in [-0.25, -0.2) is 9.78 Å². The molecular weight excluding hydrogens is 336 g/mol. The number of nitrogens with two attached hydrogens (primary N) is 1. The number of anilines is 1. The molecule has 1 aromatic rings. The lowest BCUT2D eigenvalue weighted by Crippen LogP contribution is -2.30. The molecule has 0 fully saturated rings. The molecule has 0 aliphatic rings. The van der Waals surface area contributed by atoms with Crippen molar-refractivity contribution in [2.24, 2.45) is 5.73 Å².